The SMILES string of the molecule is ClCCCOc1ccc(-c2cc3ccccn3c2)cc1. The molecular formula is C17H16ClNO. The summed E-state index contributed by atoms with van der Waals surface area (Å²) in [4.78, 5) is 0. The van der Waals surface area contributed by atoms with Crippen molar-refractivity contribution in [3.8, 4) is 16.9 Å². The molecule has 0 fully saturated rings. The number of hydrogen-bond donors (Lipinski definition) is 0. The highest BCUT2D eigenvalue weighted by Gasteiger charge is 2.02. The van der Waals surface area contributed by atoms with Gasteiger partial charge in [-0.25, -0.2) is 0 Å². The Morgan fingerprint density at radius 1 is 1.00 bits per heavy atom. The maximum Gasteiger partial charge on any atom is 0.119 e. The molecule has 2 aromatic heterocycles. The number of ether oxygens (including phenoxy) is 1. The summed E-state index contributed by atoms with van der Waals surface area (Å²) in [6.07, 6.45) is 5.06. The summed E-state index contributed by atoms with van der Waals surface area (Å²) in [5, 5.41) is 0. The van der Waals surface area contributed by atoms with Crippen LogP contribution in [0.4, 0.5) is 0 Å². The molecular weight excluding hydrogens is 270 g/mol. The summed E-state index contributed by atoms with van der Waals surface area (Å²) >= 11 is 5.63. The molecule has 0 radical (unpaired) electrons. The van der Waals surface area contributed by atoms with Crippen molar-refractivity contribution < 1.29 is 4.74 Å². The fourth-order valence-corrected chi connectivity index (χ4v) is 2.31. The predicted molar refractivity (Wildman–Crippen MR) is 83.7 cm³/mol. The van der Waals surface area contributed by atoms with Crippen LogP contribution in [0.3, 0.4) is 0 Å². The van der Waals surface area contributed by atoms with Crippen LogP contribution in [0, 0.1) is 0 Å². The van der Waals surface area contributed by atoms with Gasteiger partial charge in [-0.1, -0.05) is 18.2 Å². The summed E-state index contributed by atoms with van der Waals surface area (Å²) in [6.45, 7) is 0.666. The highest BCUT2D eigenvalue weighted by molar-refractivity contribution is 6.17. The van der Waals surface area contributed by atoms with Gasteiger partial charge in [0.1, 0.15) is 5.75 Å². The third kappa shape index (κ3) is 2.81. The smallest absolute Gasteiger partial charge is 0.119 e. The van der Waals surface area contributed by atoms with Crippen LogP contribution in [0.1, 0.15) is 6.42 Å². The van der Waals surface area contributed by atoms with Crippen molar-refractivity contribution in [1.82, 2.24) is 4.40 Å². The van der Waals surface area contributed by atoms with Crippen LogP contribution < -0.4 is 4.74 Å². The van der Waals surface area contributed by atoms with Gasteiger partial charge in [0.05, 0.1) is 6.61 Å². The van der Waals surface area contributed by atoms with E-state index >= 15 is 0 Å². The van der Waals surface area contributed by atoms with Crippen LogP contribution in [0.5, 0.6) is 5.75 Å². The van der Waals surface area contributed by atoms with E-state index in [1.54, 1.807) is 0 Å². The van der Waals surface area contributed by atoms with Gasteiger partial charge in [-0.05, 0) is 42.3 Å². The highest BCUT2D eigenvalue weighted by Crippen LogP contribution is 2.24. The minimum Gasteiger partial charge on any atom is -0.494 e. The van der Waals surface area contributed by atoms with Gasteiger partial charge in [-0.3, -0.25) is 0 Å². The number of benzene rings is 1. The zero-order valence-corrected chi connectivity index (χ0v) is 11.9. The molecule has 0 aliphatic rings. The van der Waals surface area contributed by atoms with Gasteiger partial charge in [0.25, 0.3) is 0 Å². The van der Waals surface area contributed by atoms with E-state index in [1.807, 2.05) is 24.3 Å². The molecule has 3 aromatic rings. The normalized spacial score (nSPS) is 10.8. The van der Waals surface area contributed by atoms with Gasteiger partial charge >= 0.3 is 0 Å². The largest absolute Gasteiger partial charge is 0.494 e. The molecule has 3 rings (SSSR count). The second-order valence-corrected chi connectivity index (χ2v) is 5.05. The molecule has 0 aliphatic carbocycles. The summed E-state index contributed by atoms with van der Waals surface area (Å²) in [5.74, 6) is 1.53. The number of nitrogens with zero attached hydrogens (tertiary/aromatic N) is 1. The average molecular weight is 286 g/mol. The molecule has 3 heteroatoms. The molecule has 0 aliphatic heterocycles. The minimum atomic E-state index is 0.634. The van der Waals surface area contributed by atoms with E-state index in [1.165, 1.54) is 16.6 Å². The third-order valence-corrected chi connectivity index (χ3v) is 3.51. The van der Waals surface area contributed by atoms with E-state index in [0.717, 1.165) is 12.2 Å². The van der Waals surface area contributed by atoms with Gasteiger partial charge in [0, 0.05) is 29.4 Å². The van der Waals surface area contributed by atoms with E-state index in [-0.39, 0.29) is 0 Å². The van der Waals surface area contributed by atoms with Crippen molar-refractivity contribution in [3.63, 3.8) is 0 Å². The van der Waals surface area contributed by atoms with Crippen molar-refractivity contribution in [2.45, 2.75) is 6.42 Å². The zero-order valence-electron chi connectivity index (χ0n) is 11.1. The molecule has 1 aromatic carbocycles. The molecule has 2 nitrogen and oxygen atoms in total. The van der Waals surface area contributed by atoms with E-state index in [2.05, 4.69) is 41.1 Å². The Labute approximate surface area is 123 Å². The summed E-state index contributed by atoms with van der Waals surface area (Å²) in [7, 11) is 0. The molecule has 0 saturated carbocycles. The van der Waals surface area contributed by atoms with Crippen LogP contribution >= 0.6 is 11.6 Å². The first kappa shape index (κ1) is 13.1. The molecule has 0 unspecified atom stereocenters. The standard InChI is InChI=1S/C17H16ClNO/c18-9-3-11-20-17-7-5-14(6-8-17)15-12-16-4-1-2-10-19(16)13-15/h1-2,4-8,10,12-13H,3,9,11H2. The average Bonchev–Trinajstić information content (AvgIpc) is 2.92. The molecule has 0 saturated heterocycles. The second kappa shape index (κ2) is 6.02. The molecule has 0 bridgehead atoms. The Morgan fingerprint density at radius 2 is 1.85 bits per heavy atom. The first-order valence-corrected chi connectivity index (χ1v) is 7.26. The highest BCUT2D eigenvalue weighted by atomic mass is 35.5. The molecule has 0 atom stereocenters. The molecule has 2 heterocycles. The molecule has 0 N–H and O–H groups in total. The number of rotatable bonds is 5. The minimum absolute atomic E-state index is 0.634. The van der Waals surface area contributed by atoms with Gasteiger partial charge in [0.2, 0.25) is 0 Å². The lowest BCUT2D eigenvalue weighted by Crippen LogP contribution is -1.97. The Balaban J connectivity index is 1.79. The Morgan fingerprint density at radius 3 is 2.60 bits per heavy atom. The number of fused-ring (bicyclic) bond motifs is 1. The number of aromatic nitrogens is 1. The lowest BCUT2D eigenvalue weighted by atomic mass is 10.1. The monoisotopic (exact) mass is 285 g/mol. The van der Waals surface area contributed by atoms with Crippen molar-refractivity contribution in [3.05, 3.63) is 60.9 Å². The maximum absolute atomic E-state index is 5.63. The summed E-state index contributed by atoms with van der Waals surface area (Å²) in [6, 6.07) is 16.6. The van der Waals surface area contributed by atoms with Crippen LogP contribution in [-0.2, 0) is 0 Å². The van der Waals surface area contributed by atoms with Crippen LogP contribution in [0.25, 0.3) is 16.6 Å². The Bertz CT molecular complexity index is 655. The quantitative estimate of drug-likeness (QED) is 0.493. The number of pyridine rings is 1. The van der Waals surface area contributed by atoms with E-state index in [9.17, 15) is 0 Å². The Hall–Kier alpha value is -1.93. The van der Waals surface area contributed by atoms with E-state index < -0.39 is 0 Å². The van der Waals surface area contributed by atoms with Crippen molar-refractivity contribution in [1.29, 1.82) is 0 Å². The first-order chi connectivity index (χ1) is 9.86. The number of alkyl halides is 1. The zero-order chi connectivity index (χ0) is 13.8. The Kier molecular flexibility index (Phi) is 3.93. The van der Waals surface area contributed by atoms with Gasteiger partial charge in [-0.2, -0.15) is 0 Å². The number of hydrogen-bond acceptors (Lipinski definition) is 1. The molecule has 0 amide bonds. The second-order valence-electron chi connectivity index (χ2n) is 4.68. The maximum atomic E-state index is 5.63. The van der Waals surface area contributed by atoms with Gasteiger partial charge < -0.3 is 9.14 Å². The lowest BCUT2D eigenvalue weighted by molar-refractivity contribution is 0.318. The summed E-state index contributed by atoms with van der Waals surface area (Å²) < 4.78 is 7.73. The third-order valence-electron chi connectivity index (χ3n) is 3.24. The van der Waals surface area contributed by atoms with Crippen LogP contribution in [-0.4, -0.2) is 16.9 Å². The van der Waals surface area contributed by atoms with Crippen molar-refractivity contribution in [2.24, 2.45) is 0 Å². The van der Waals surface area contributed by atoms with Crippen molar-refractivity contribution in [2.75, 3.05) is 12.5 Å². The lowest BCUT2D eigenvalue weighted by Gasteiger charge is -2.05. The topological polar surface area (TPSA) is 13.6 Å². The summed E-state index contributed by atoms with van der Waals surface area (Å²) in [5.41, 5.74) is 3.60. The van der Waals surface area contributed by atoms with Crippen LogP contribution in [0.15, 0.2) is 60.9 Å². The fourth-order valence-electron chi connectivity index (χ4n) is 2.20. The van der Waals surface area contributed by atoms with E-state index in [0.29, 0.717) is 12.5 Å². The molecule has 20 heavy (non-hydrogen) atoms. The van der Waals surface area contributed by atoms with Gasteiger partial charge in [0.15, 0.2) is 0 Å². The van der Waals surface area contributed by atoms with Gasteiger partial charge in [-0.15, -0.1) is 11.6 Å². The number of halogens is 1. The van der Waals surface area contributed by atoms with E-state index in [4.69, 9.17) is 16.3 Å². The van der Waals surface area contributed by atoms with Crippen LogP contribution in [0.2, 0.25) is 0 Å². The first-order valence-electron chi connectivity index (χ1n) is 6.73. The predicted octanol–water partition coefficient (Wildman–Crippen LogP) is 4.61. The van der Waals surface area contributed by atoms with Crippen molar-refractivity contribution >= 4 is 17.1 Å². The molecule has 102 valence electrons. The molecule has 0 spiro atoms. The fraction of sp³-hybridized carbons (Fsp3) is 0.176.